The summed E-state index contributed by atoms with van der Waals surface area (Å²) in [5.74, 6) is 1.96. The fourth-order valence-electron chi connectivity index (χ4n) is 2.47. The molecule has 3 unspecified atom stereocenters. The highest BCUT2D eigenvalue weighted by molar-refractivity contribution is 4.88. The Labute approximate surface area is 101 Å². The lowest BCUT2D eigenvalue weighted by molar-refractivity contribution is -0.0971. The Balaban J connectivity index is 2.61. The fraction of sp³-hybridized carbons (Fsp3) is 1.00. The van der Waals surface area contributed by atoms with Gasteiger partial charge < -0.3 is 10.1 Å². The average molecular weight is 227 g/mol. The highest BCUT2D eigenvalue weighted by atomic mass is 16.5. The first-order chi connectivity index (χ1) is 7.41. The van der Waals surface area contributed by atoms with Crippen molar-refractivity contribution >= 4 is 0 Å². The van der Waals surface area contributed by atoms with Gasteiger partial charge in [-0.2, -0.15) is 0 Å². The van der Waals surface area contributed by atoms with E-state index in [-0.39, 0.29) is 0 Å². The van der Waals surface area contributed by atoms with Crippen molar-refractivity contribution in [3.8, 4) is 0 Å². The normalized spacial score (nSPS) is 31.7. The molecule has 2 heteroatoms. The first-order valence-corrected chi connectivity index (χ1v) is 6.80. The van der Waals surface area contributed by atoms with Crippen LogP contribution in [0.2, 0.25) is 0 Å². The molecular formula is C14H29NO. The van der Waals surface area contributed by atoms with Crippen LogP contribution in [0.15, 0.2) is 0 Å². The molecule has 0 spiro atoms. The standard InChI is InChI=1S/C14H29NO/c1-9(2)7-12-14(11(5)6)15-8-13(16-12)10(3)4/h9-15H,7-8H2,1-6H3. The number of hydrogen-bond acceptors (Lipinski definition) is 2. The number of hydrogen-bond donors (Lipinski definition) is 1. The topological polar surface area (TPSA) is 21.3 Å². The molecule has 96 valence electrons. The van der Waals surface area contributed by atoms with E-state index in [2.05, 4.69) is 46.9 Å². The summed E-state index contributed by atoms with van der Waals surface area (Å²) in [6, 6.07) is 0.525. The van der Waals surface area contributed by atoms with Crippen LogP contribution in [0.1, 0.15) is 48.0 Å². The van der Waals surface area contributed by atoms with Gasteiger partial charge in [0.1, 0.15) is 0 Å². The molecule has 1 N–H and O–H groups in total. The Morgan fingerprint density at radius 1 is 1.06 bits per heavy atom. The first kappa shape index (κ1) is 14.0. The summed E-state index contributed by atoms with van der Waals surface area (Å²) in [5, 5.41) is 3.68. The van der Waals surface area contributed by atoms with Crippen LogP contribution in [0, 0.1) is 17.8 Å². The number of morpholine rings is 1. The molecular weight excluding hydrogens is 198 g/mol. The number of ether oxygens (including phenoxy) is 1. The second kappa shape index (κ2) is 6.02. The van der Waals surface area contributed by atoms with Crippen molar-refractivity contribution in [2.24, 2.45) is 17.8 Å². The maximum absolute atomic E-state index is 6.27. The van der Waals surface area contributed by atoms with E-state index in [1.807, 2.05) is 0 Å². The van der Waals surface area contributed by atoms with Crippen molar-refractivity contribution in [1.82, 2.24) is 5.32 Å². The van der Waals surface area contributed by atoms with Crippen LogP contribution in [-0.4, -0.2) is 24.8 Å². The van der Waals surface area contributed by atoms with Crippen LogP contribution in [0.4, 0.5) is 0 Å². The summed E-state index contributed by atoms with van der Waals surface area (Å²) in [6.45, 7) is 14.6. The average Bonchev–Trinajstić information content (AvgIpc) is 2.15. The molecule has 0 aliphatic carbocycles. The van der Waals surface area contributed by atoms with Crippen LogP contribution in [0.3, 0.4) is 0 Å². The minimum atomic E-state index is 0.388. The lowest BCUT2D eigenvalue weighted by atomic mass is 9.89. The van der Waals surface area contributed by atoms with Crippen LogP contribution < -0.4 is 5.32 Å². The quantitative estimate of drug-likeness (QED) is 0.797. The Morgan fingerprint density at radius 3 is 2.12 bits per heavy atom. The zero-order valence-corrected chi connectivity index (χ0v) is 11.8. The van der Waals surface area contributed by atoms with E-state index >= 15 is 0 Å². The summed E-state index contributed by atoms with van der Waals surface area (Å²) >= 11 is 0. The van der Waals surface area contributed by atoms with Crippen molar-refractivity contribution in [3.63, 3.8) is 0 Å². The van der Waals surface area contributed by atoms with Crippen molar-refractivity contribution in [3.05, 3.63) is 0 Å². The fourth-order valence-corrected chi connectivity index (χ4v) is 2.47. The van der Waals surface area contributed by atoms with Gasteiger partial charge in [-0.15, -0.1) is 0 Å². The predicted octanol–water partition coefficient (Wildman–Crippen LogP) is 3.07. The molecule has 0 aromatic heterocycles. The molecule has 0 saturated carbocycles. The van der Waals surface area contributed by atoms with Gasteiger partial charge in [0.15, 0.2) is 0 Å². The summed E-state index contributed by atoms with van der Waals surface area (Å²) < 4.78 is 6.27. The van der Waals surface area contributed by atoms with Crippen LogP contribution in [0.5, 0.6) is 0 Å². The maximum atomic E-state index is 6.27. The van der Waals surface area contributed by atoms with Crippen molar-refractivity contribution < 1.29 is 4.74 Å². The number of rotatable bonds is 4. The van der Waals surface area contributed by atoms with Gasteiger partial charge in [0, 0.05) is 12.6 Å². The van der Waals surface area contributed by atoms with Crippen molar-refractivity contribution in [1.29, 1.82) is 0 Å². The molecule has 1 aliphatic rings. The Kier molecular flexibility index (Phi) is 5.26. The molecule has 1 fully saturated rings. The van der Waals surface area contributed by atoms with Gasteiger partial charge in [-0.3, -0.25) is 0 Å². The van der Waals surface area contributed by atoms with Gasteiger partial charge in [0.25, 0.3) is 0 Å². The molecule has 0 amide bonds. The van der Waals surface area contributed by atoms with Crippen LogP contribution in [0.25, 0.3) is 0 Å². The highest BCUT2D eigenvalue weighted by Crippen LogP contribution is 2.24. The molecule has 16 heavy (non-hydrogen) atoms. The molecule has 0 bridgehead atoms. The highest BCUT2D eigenvalue weighted by Gasteiger charge is 2.33. The smallest absolute Gasteiger partial charge is 0.0737 e. The van der Waals surface area contributed by atoms with E-state index < -0.39 is 0 Å². The Bertz CT molecular complexity index is 201. The molecule has 1 rings (SSSR count). The molecule has 3 atom stereocenters. The van der Waals surface area contributed by atoms with E-state index in [0.717, 1.165) is 6.54 Å². The summed E-state index contributed by atoms with van der Waals surface area (Å²) in [5.41, 5.74) is 0. The molecule has 0 radical (unpaired) electrons. The lowest BCUT2D eigenvalue weighted by Gasteiger charge is -2.41. The maximum Gasteiger partial charge on any atom is 0.0737 e. The zero-order valence-electron chi connectivity index (χ0n) is 11.8. The summed E-state index contributed by atoms with van der Waals surface area (Å²) in [6.07, 6.45) is 1.94. The molecule has 1 aliphatic heterocycles. The monoisotopic (exact) mass is 227 g/mol. The summed E-state index contributed by atoms with van der Waals surface area (Å²) in [4.78, 5) is 0. The van der Waals surface area contributed by atoms with Crippen molar-refractivity contribution in [2.45, 2.75) is 66.2 Å². The minimum absolute atomic E-state index is 0.388. The minimum Gasteiger partial charge on any atom is -0.372 e. The van der Waals surface area contributed by atoms with E-state index in [1.165, 1.54) is 6.42 Å². The van der Waals surface area contributed by atoms with Gasteiger partial charge in [-0.25, -0.2) is 0 Å². The third kappa shape index (κ3) is 3.74. The first-order valence-electron chi connectivity index (χ1n) is 6.80. The molecule has 0 aromatic rings. The molecule has 1 saturated heterocycles. The molecule has 2 nitrogen and oxygen atoms in total. The second-order valence-corrected chi connectivity index (χ2v) is 6.26. The van der Waals surface area contributed by atoms with E-state index in [1.54, 1.807) is 0 Å². The van der Waals surface area contributed by atoms with Gasteiger partial charge in [0.05, 0.1) is 12.2 Å². The predicted molar refractivity (Wildman–Crippen MR) is 69.6 cm³/mol. The van der Waals surface area contributed by atoms with E-state index in [9.17, 15) is 0 Å². The molecule has 0 aromatic carbocycles. The largest absolute Gasteiger partial charge is 0.372 e. The second-order valence-electron chi connectivity index (χ2n) is 6.26. The van der Waals surface area contributed by atoms with Crippen molar-refractivity contribution in [2.75, 3.05) is 6.54 Å². The summed E-state index contributed by atoms with van der Waals surface area (Å²) in [7, 11) is 0. The third-order valence-electron chi connectivity index (χ3n) is 3.47. The molecule has 1 heterocycles. The van der Waals surface area contributed by atoms with Gasteiger partial charge in [0.2, 0.25) is 0 Å². The van der Waals surface area contributed by atoms with E-state index in [4.69, 9.17) is 4.74 Å². The van der Waals surface area contributed by atoms with Crippen LogP contribution >= 0.6 is 0 Å². The third-order valence-corrected chi connectivity index (χ3v) is 3.47. The van der Waals surface area contributed by atoms with E-state index in [0.29, 0.717) is 36.0 Å². The Hall–Kier alpha value is -0.0800. The van der Waals surface area contributed by atoms with Gasteiger partial charge in [-0.05, 0) is 24.2 Å². The van der Waals surface area contributed by atoms with Gasteiger partial charge >= 0.3 is 0 Å². The number of nitrogens with one attached hydrogen (secondary N) is 1. The van der Waals surface area contributed by atoms with Gasteiger partial charge in [-0.1, -0.05) is 41.5 Å². The van der Waals surface area contributed by atoms with Crippen LogP contribution in [-0.2, 0) is 4.74 Å². The zero-order chi connectivity index (χ0) is 12.3. The Morgan fingerprint density at radius 2 is 1.69 bits per heavy atom. The SMILES string of the molecule is CC(C)CC1OC(C(C)C)CNC1C(C)C. The lowest BCUT2D eigenvalue weighted by Crippen LogP contribution is -2.56.